The second kappa shape index (κ2) is 13.8. The van der Waals surface area contributed by atoms with Crippen molar-refractivity contribution in [1.29, 1.82) is 5.26 Å². The third kappa shape index (κ3) is 32900. The average molecular weight is 315 g/mol. The molecule has 0 rings (SSSR count). The molecule has 0 aromatic rings. The molecule has 15 heavy (non-hydrogen) atoms. The van der Waals surface area contributed by atoms with Gasteiger partial charge in [0.05, 0.1) is 26.3 Å². The minimum Gasteiger partial charge on any atom is -0.748 e. The van der Waals surface area contributed by atoms with Crippen LogP contribution in [0.3, 0.4) is 0 Å². The molecule has 0 bridgehead atoms. The van der Waals surface area contributed by atoms with Crippen LogP contribution in [0.5, 0.6) is 0 Å². The van der Waals surface area contributed by atoms with Gasteiger partial charge in [0.15, 0.2) is 0 Å². The van der Waals surface area contributed by atoms with Crippen molar-refractivity contribution in [2.45, 2.75) is 6.92 Å². The van der Waals surface area contributed by atoms with E-state index in [1.165, 1.54) is 6.92 Å². The summed E-state index contributed by atoms with van der Waals surface area (Å²) in [6.45, 7) is 1.43. The Morgan fingerprint density at radius 3 is 1.00 bits per heavy atom. The Morgan fingerprint density at radius 2 is 1.00 bits per heavy atom. The summed E-state index contributed by atoms with van der Waals surface area (Å²) in [5.74, 6) is 0. The number of rotatable bonds is 0. The van der Waals surface area contributed by atoms with E-state index in [4.69, 9.17) is 31.2 Å². The van der Waals surface area contributed by atoms with Crippen LogP contribution in [0.1, 0.15) is 6.92 Å². The van der Waals surface area contributed by atoms with Crippen LogP contribution in [0.2, 0.25) is 0 Å². The fourth-order valence-electron chi connectivity index (χ4n) is 0. The molecule has 0 aliphatic heterocycles. The quantitative estimate of drug-likeness (QED) is 0.413. The van der Waals surface area contributed by atoms with Gasteiger partial charge in [0, 0.05) is 19.4 Å². The van der Waals surface area contributed by atoms with Crippen LogP contribution < -0.4 is 0 Å². The Hall–Kier alpha value is -0.241. The van der Waals surface area contributed by atoms with Gasteiger partial charge in [-0.05, 0) is 0 Å². The molecular weight excluding hydrogens is 305 g/mol. The van der Waals surface area contributed by atoms with Gasteiger partial charge in [0.2, 0.25) is 0 Å². The van der Waals surface area contributed by atoms with Gasteiger partial charge in [0.25, 0.3) is 0 Å². The SMILES string of the molecule is CC#N.CS(=O)(=O)[O-].CS(=O)(=O)[O-].F.[Cu+2]. The zero-order valence-electron chi connectivity index (χ0n) is 7.92. The molecule has 0 saturated carbocycles. The molecule has 0 saturated heterocycles. The monoisotopic (exact) mass is 314 g/mol. The van der Waals surface area contributed by atoms with Crippen LogP contribution in [0.25, 0.3) is 0 Å². The maximum Gasteiger partial charge on any atom is 2.00 e. The van der Waals surface area contributed by atoms with E-state index < -0.39 is 20.2 Å². The molecule has 0 fully saturated rings. The van der Waals surface area contributed by atoms with Gasteiger partial charge < -0.3 is 9.11 Å². The predicted octanol–water partition coefficient (Wildman–Crippen LogP) is -0.997. The number of hydrogen-bond donors (Lipinski definition) is 0. The second-order valence-corrected chi connectivity index (χ2v) is 4.45. The van der Waals surface area contributed by atoms with Crippen LogP contribution in [-0.4, -0.2) is 38.5 Å². The molecule has 0 aromatic carbocycles. The Kier molecular flexibility index (Phi) is 26.9. The van der Waals surface area contributed by atoms with Crippen LogP contribution in [0.4, 0.5) is 4.70 Å². The number of nitrogens with zero attached hydrogens (tertiary/aromatic N) is 1. The first-order valence-corrected chi connectivity index (χ1v) is 6.17. The standard InChI is InChI=1S/C2H3N.2CH4O3S.Cu.FH/c1-2-3;2*1-5(2,3)4;;/h1H3;2*1H3,(H,2,3,4);;1H/q;;;+2;/p-2. The maximum absolute atomic E-state index is 9.08. The molecule has 0 spiro atoms. The van der Waals surface area contributed by atoms with E-state index in [-0.39, 0.29) is 21.8 Å². The van der Waals surface area contributed by atoms with Gasteiger partial charge in [-0.2, -0.15) is 5.26 Å². The Bertz CT molecular complexity index is 298. The zero-order chi connectivity index (χ0) is 11.7. The van der Waals surface area contributed by atoms with Crippen LogP contribution in [-0.2, 0) is 37.3 Å². The van der Waals surface area contributed by atoms with Gasteiger partial charge in [-0.25, -0.2) is 16.8 Å². The van der Waals surface area contributed by atoms with Gasteiger partial charge in [-0.1, -0.05) is 0 Å². The normalized spacial score (nSPS) is 8.27. The molecule has 0 aromatic heterocycles. The summed E-state index contributed by atoms with van der Waals surface area (Å²) in [4.78, 5) is 0. The molecular formula is C4H10CuFNO6S2. The number of nitriles is 1. The predicted molar refractivity (Wildman–Crippen MR) is 45.0 cm³/mol. The minimum absolute atomic E-state index is 0. The smallest absolute Gasteiger partial charge is 0.748 e. The van der Waals surface area contributed by atoms with Crippen LogP contribution in [0.15, 0.2) is 0 Å². The zero-order valence-corrected chi connectivity index (χ0v) is 10.5. The van der Waals surface area contributed by atoms with Gasteiger partial charge in [0.1, 0.15) is 0 Å². The van der Waals surface area contributed by atoms with E-state index >= 15 is 0 Å². The molecule has 0 amide bonds. The van der Waals surface area contributed by atoms with E-state index in [9.17, 15) is 0 Å². The van der Waals surface area contributed by atoms with Crippen LogP contribution >= 0.6 is 0 Å². The molecule has 0 aliphatic rings. The summed E-state index contributed by atoms with van der Waals surface area (Å²) in [6, 6.07) is 1.75. The third-order valence-electron chi connectivity index (χ3n) is 0. The fraction of sp³-hybridized carbons (Fsp3) is 0.750. The first-order valence-electron chi connectivity index (χ1n) is 2.54. The topological polar surface area (TPSA) is 138 Å². The average Bonchev–Trinajstić information content (AvgIpc) is 1.52. The molecule has 0 aliphatic carbocycles. The molecule has 0 unspecified atom stereocenters. The Morgan fingerprint density at radius 1 is 1.00 bits per heavy atom. The van der Waals surface area contributed by atoms with E-state index in [1.807, 2.05) is 0 Å². The third-order valence-corrected chi connectivity index (χ3v) is 0. The van der Waals surface area contributed by atoms with Crippen LogP contribution in [0, 0.1) is 11.3 Å². The van der Waals surface area contributed by atoms with Crippen molar-refractivity contribution in [1.82, 2.24) is 0 Å². The molecule has 0 atom stereocenters. The Labute approximate surface area is 98.8 Å². The van der Waals surface area contributed by atoms with E-state index in [2.05, 4.69) is 0 Å². The molecule has 97 valence electrons. The van der Waals surface area contributed by atoms with Crippen molar-refractivity contribution in [3.63, 3.8) is 0 Å². The van der Waals surface area contributed by atoms with Gasteiger partial charge >= 0.3 is 17.1 Å². The molecule has 0 N–H and O–H groups in total. The minimum atomic E-state index is -3.92. The van der Waals surface area contributed by atoms with Crippen molar-refractivity contribution in [2.24, 2.45) is 0 Å². The van der Waals surface area contributed by atoms with Gasteiger partial charge in [-0.15, -0.1) is 0 Å². The first kappa shape index (κ1) is 29.3. The summed E-state index contributed by atoms with van der Waals surface area (Å²) in [5, 5.41) is 7.32. The fourth-order valence-corrected chi connectivity index (χ4v) is 0. The molecule has 11 heteroatoms. The van der Waals surface area contributed by atoms with Crippen molar-refractivity contribution in [3.8, 4) is 6.07 Å². The molecule has 0 heterocycles. The van der Waals surface area contributed by atoms with Crippen molar-refractivity contribution >= 4 is 20.2 Å². The summed E-state index contributed by atoms with van der Waals surface area (Å²) < 4.78 is 54.5. The van der Waals surface area contributed by atoms with Crippen molar-refractivity contribution in [3.05, 3.63) is 0 Å². The molecule has 1 radical (unpaired) electrons. The largest absolute Gasteiger partial charge is 2.00 e. The first-order chi connectivity index (χ1) is 5.41. The number of hydrogen-bond acceptors (Lipinski definition) is 7. The second-order valence-electron chi connectivity index (χ2n) is 1.63. The van der Waals surface area contributed by atoms with Crippen molar-refractivity contribution in [2.75, 3.05) is 12.5 Å². The van der Waals surface area contributed by atoms with E-state index in [0.29, 0.717) is 12.5 Å². The van der Waals surface area contributed by atoms with Crippen molar-refractivity contribution < 1.29 is 47.7 Å². The summed E-state index contributed by atoms with van der Waals surface area (Å²) >= 11 is 0. The summed E-state index contributed by atoms with van der Waals surface area (Å²) in [7, 11) is -7.83. The number of halogens is 1. The summed E-state index contributed by atoms with van der Waals surface area (Å²) in [6.07, 6.45) is 1.21. The summed E-state index contributed by atoms with van der Waals surface area (Å²) in [5.41, 5.74) is 0. The van der Waals surface area contributed by atoms with E-state index in [0.717, 1.165) is 0 Å². The Balaban J connectivity index is -0.0000000322. The van der Waals surface area contributed by atoms with Gasteiger partial charge in [-0.3, -0.25) is 4.70 Å². The van der Waals surface area contributed by atoms with E-state index in [1.54, 1.807) is 6.07 Å². The maximum atomic E-state index is 9.08. The molecule has 7 nitrogen and oxygen atoms in total.